The molecule has 0 bridgehead atoms. The van der Waals surface area contributed by atoms with Gasteiger partial charge in [-0.1, -0.05) is 6.92 Å². The second-order valence-electron chi connectivity index (χ2n) is 4.50. The molecule has 2 heterocycles. The molecule has 1 aromatic carbocycles. The zero-order chi connectivity index (χ0) is 11.7. The second kappa shape index (κ2) is 4.86. The summed E-state index contributed by atoms with van der Waals surface area (Å²) in [5, 5.41) is 4.38. The maximum Gasteiger partial charge on any atom is 0.0813 e. The van der Waals surface area contributed by atoms with Crippen molar-refractivity contribution in [3.63, 3.8) is 0 Å². The van der Waals surface area contributed by atoms with Crippen molar-refractivity contribution in [1.82, 2.24) is 4.98 Å². The van der Waals surface area contributed by atoms with E-state index < -0.39 is 0 Å². The number of benzene rings is 1. The average Bonchev–Trinajstić information content (AvgIpc) is 2.79. The summed E-state index contributed by atoms with van der Waals surface area (Å²) < 4.78 is 1.27. The Labute approximate surface area is 110 Å². The lowest BCUT2D eigenvalue weighted by Crippen LogP contribution is -2.32. The lowest BCUT2D eigenvalue weighted by molar-refractivity contribution is 0.617. The molecule has 2 nitrogen and oxygen atoms in total. The van der Waals surface area contributed by atoms with Crippen LogP contribution in [0.2, 0.25) is 0 Å². The molecular formula is C13H16N2S2. The van der Waals surface area contributed by atoms with Gasteiger partial charge in [-0.3, -0.25) is 0 Å². The largest absolute Gasteiger partial charge is 0.381 e. The van der Waals surface area contributed by atoms with Crippen LogP contribution in [0.3, 0.4) is 0 Å². The number of thioether (sulfide) groups is 1. The van der Waals surface area contributed by atoms with E-state index in [2.05, 4.69) is 47.2 Å². The van der Waals surface area contributed by atoms with Crippen molar-refractivity contribution in [3.05, 3.63) is 23.7 Å². The summed E-state index contributed by atoms with van der Waals surface area (Å²) in [6.45, 7) is 2.33. The zero-order valence-corrected chi connectivity index (χ0v) is 11.5. The van der Waals surface area contributed by atoms with Crippen LogP contribution in [0.5, 0.6) is 0 Å². The van der Waals surface area contributed by atoms with Gasteiger partial charge in [-0.15, -0.1) is 11.3 Å². The average molecular weight is 264 g/mol. The van der Waals surface area contributed by atoms with Crippen LogP contribution in [0.25, 0.3) is 10.2 Å². The van der Waals surface area contributed by atoms with E-state index in [1.165, 1.54) is 29.0 Å². The smallest absolute Gasteiger partial charge is 0.0813 e. The molecule has 90 valence electrons. The van der Waals surface area contributed by atoms with E-state index in [4.69, 9.17) is 0 Å². The fraction of sp³-hybridized carbons (Fsp3) is 0.462. The van der Waals surface area contributed by atoms with Gasteiger partial charge in [0.05, 0.1) is 15.7 Å². The molecule has 1 aliphatic rings. The maximum atomic E-state index is 4.31. The van der Waals surface area contributed by atoms with Crippen LogP contribution in [0.1, 0.15) is 19.8 Å². The summed E-state index contributed by atoms with van der Waals surface area (Å²) in [4.78, 5) is 4.31. The number of thiazole rings is 1. The number of fused-ring (bicyclic) bond motifs is 1. The highest BCUT2D eigenvalue weighted by Crippen LogP contribution is 2.29. The summed E-state index contributed by atoms with van der Waals surface area (Å²) in [6.07, 6.45) is 2.62. The Balaban J connectivity index is 1.79. The Bertz CT molecular complexity index is 509. The van der Waals surface area contributed by atoms with Gasteiger partial charge in [-0.25, -0.2) is 4.98 Å². The summed E-state index contributed by atoms with van der Waals surface area (Å²) >= 11 is 3.79. The van der Waals surface area contributed by atoms with Gasteiger partial charge in [-0.05, 0) is 36.8 Å². The minimum absolute atomic E-state index is 0.610. The Morgan fingerprint density at radius 1 is 1.41 bits per heavy atom. The van der Waals surface area contributed by atoms with E-state index in [1.807, 2.05) is 5.51 Å². The molecule has 1 aromatic heterocycles. The summed E-state index contributed by atoms with van der Waals surface area (Å²) in [7, 11) is 0. The van der Waals surface area contributed by atoms with Crippen LogP contribution in [-0.4, -0.2) is 22.0 Å². The van der Waals surface area contributed by atoms with Crippen molar-refractivity contribution in [2.24, 2.45) is 0 Å². The van der Waals surface area contributed by atoms with Crippen LogP contribution in [0.4, 0.5) is 5.69 Å². The van der Waals surface area contributed by atoms with Crippen molar-refractivity contribution in [1.29, 1.82) is 0 Å². The van der Waals surface area contributed by atoms with Gasteiger partial charge in [0.2, 0.25) is 0 Å². The SMILES string of the molecule is CC1SCCCC1Nc1ccc2ncsc2c1. The monoisotopic (exact) mass is 264 g/mol. The van der Waals surface area contributed by atoms with Crippen molar-refractivity contribution in [3.8, 4) is 0 Å². The van der Waals surface area contributed by atoms with Crippen LogP contribution in [-0.2, 0) is 0 Å². The molecule has 1 fully saturated rings. The fourth-order valence-corrected chi connectivity index (χ4v) is 4.13. The van der Waals surface area contributed by atoms with Gasteiger partial charge in [0.1, 0.15) is 0 Å². The highest BCUT2D eigenvalue weighted by Gasteiger charge is 2.21. The van der Waals surface area contributed by atoms with Crippen molar-refractivity contribution < 1.29 is 0 Å². The third-order valence-electron chi connectivity index (χ3n) is 3.29. The van der Waals surface area contributed by atoms with Gasteiger partial charge in [0.25, 0.3) is 0 Å². The number of nitrogens with one attached hydrogen (secondary N) is 1. The lowest BCUT2D eigenvalue weighted by Gasteiger charge is -2.29. The normalized spacial score (nSPS) is 25.0. The number of hydrogen-bond donors (Lipinski definition) is 1. The molecule has 2 atom stereocenters. The molecule has 1 saturated heterocycles. The molecule has 0 radical (unpaired) electrons. The van der Waals surface area contributed by atoms with Gasteiger partial charge in [0, 0.05) is 17.0 Å². The first-order valence-corrected chi connectivity index (χ1v) is 7.97. The molecule has 0 spiro atoms. The standard InChI is InChI=1S/C13H16N2S2/c1-9-11(3-2-6-16-9)15-10-4-5-12-13(7-10)17-8-14-12/h4-5,7-9,11,15H,2-3,6H2,1H3. The molecule has 3 rings (SSSR count). The predicted molar refractivity (Wildman–Crippen MR) is 78.2 cm³/mol. The number of hydrogen-bond acceptors (Lipinski definition) is 4. The van der Waals surface area contributed by atoms with Gasteiger partial charge in [0.15, 0.2) is 0 Å². The Morgan fingerprint density at radius 2 is 2.35 bits per heavy atom. The van der Waals surface area contributed by atoms with Crippen molar-refractivity contribution in [2.45, 2.75) is 31.1 Å². The minimum Gasteiger partial charge on any atom is -0.381 e. The van der Waals surface area contributed by atoms with E-state index in [0.717, 1.165) is 5.52 Å². The van der Waals surface area contributed by atoms with E-state index in [0.29, 0.717) is 11.3 Å². The number of rotatable bonds is 2. The first-order chi connectivity index (χ1) is 8.33. The van der Waals surface area contributed by atoms with E-state index >= 15 is 0 Å². The van der Waals surface area contributed by atoms with Crippen LogP contribution in [0, 0.1) is 0 Å². The topological polar surface area (TPSA) is 24.9 Å². The van der Waals surface area contributed by atoms with E-state index in [1.54, 1.807) is 11.3 Å². The number of nitrogens with zero attached hydrogens (tertiary/aromatic N) is 1. The van der Waals surface area contributed by atoms with Gasteiger partial charge >= 0.3 is 0 Å². The van der Waals surface area contributed by atoms with E-state index in [-0.39, 0.29) is 0 Å². The molecule has 1 N–H and O–H groups in total. The highest BCUT2D eigenvalue weighted by molar-refractivity contribution is 8.00. The lowest BCUT2D eigenvalue weighted by atomic mass is 10.1. The predicted octanol–water partition coefficient (Wildman–Crippen LogP) is 3.99. The minimum atomic E-state index is 0.610. The Hall–Kier alpha value is -0.740. The van der Waals surface area contributed by atoms with E-state index in [9.17, 15) is 0 Å². The molecule has 4 heteroatoms. The van der Waals surface area contributed by atoms with Crippen molar-refractivity contribution in [2.75, 3.05) is 11.1 Å². The molecule has 2 unspecified atom stereocenters. The molecule has 0 aliphatic carbocycles. The summed E-state index contributed by atoms with van der Waals surface area (Å²) in [6, 6.07) is 7.08. The molecule has 0 amide bonds. The van der Waals surface area contributed by atoms with Gasteiger partial charge < -0.3 is 5.32 Å². The maximum absolute atomic E-state index is 4.31. The van der Waals surface area contributed by atoms with Crippen LogP contribution in [0.15, 0.2) is 23.7 Å². The van der Waals surface area contributed by atoms with Crippen molar-refractivity contribution >= 4 is 39.0 Å². The quantitative estimate of drug-likeness (QED) is 0.887. The molecule has 1 aliphatic heterocycles. The highest BCUT2D eigenvalue weighted by atomic mass is 32.2. The fourth-order valence-electron chi connectivity index (χ4n) is 2.27. The number of anilines is 1. The summed E-state index contributed by atoms with van der Waals surface area (Å²) in [5.74, 6) is 1.31. The first kappa shape index (κ1) is 11.4. The zero-order valence-electron chi connectivity index (χ0n) is 9.85. The molecular weight excluding hydrogens is 248 g/mol. The molecule has 0 saturated carbocycles. The Kier molecular flexibility index (Phi) is 3.25. The van der Waals surface area contributed by atoms with Crippen LogP contribution < -0.4 is 5.32 Å². The molecule has 17 heavy (non-hydrogen) atoms. The van der Waals surface area contributed by atoms with Crippen LogP contribution >= 0.6 is 23.1 Å². The summed E-state index contributed by atoms with van der Waals surface area (Å²) in [5.41, 5.74) is 4.25. The third kappa shape index (κ3) is 2.43. The molecule has 2 aromatic rings. The third-order valence-corrected chi connectivity index (χ3v) is 5.46. The number of aromatic nitrogens is 1. The second-order valence-corrected chi connectivity index (χ2v) is 6.88. The Morgan fingerprint density at radius 3 is 3.24 bits per heavy atom. The first-order valence-electron chi connectivity index (χ1n) is 6.04. The van der Waals surface area contributed by atoms with Gasteiger partial charge in [-0.2, -0.15) is 11.8 Å².